The molecule has 4 nitrogen and oxygen atoms in total. The molecule has 180 valence electrons. The highest BCUT2D eigenvalue weighted by Gasteiger charge is 2.27. The maximum absolute atomic E-state index is 4.76. The summed E-state index contributed by atoms with van der Waals surface area (Å²) in [5, 5.41) is 0. The van der Waals surface area contributed by atoms with Crippen LogP contribution >= 0.6 is 0 Å². The van der Waals surface area contributed by atoms with Gasteiger partial charge >= 0.3 is 0 Å². The topological polar surface area (TPSA) is 57.4 Å². The number of aromatic nitrogens is 4. The molecule has 0 fully saturated rings. The third-order valence-corrected chi connectivity index (χ3v) is 8.01. The fourth-order valence-corrected chi connectivity index (χ4v) is 6.09. The molecule has 0 radical (unpaired) electrons. The van der Waals surface area contributed by atoms with E-state index >= 15 is 0 Å². The third kappa shape index (κ3) is 3.35. The Kier molecular flexibility index (Phi) is 4.76. The molecule has 0 amide bonds. The monoisotopic (exact) mass is 472 g/mol. The second-order valence-corrected chi connectivity index (χ2v) is 11.2. The van der Waals surface area contributed by atoms with Gasteiger partial charge in [-0.3, -0.25) is 0 Å². The molecule has 3 aromatic carbocycles. The summed E-state index contributed by atoms with van der Waals surface area (Å²) < 4.78 is 0. The van der Waals surface area contributed by atoms with Crippen LogP contribution in [-0.2, 0) is 25.7 Å². The standard InChI is InChI=1S/C32H32N4/c1-17(2)31-33-16-28(36-31)25-13-22-7-5-20-11-24(12-21-6-8-23(14-25)30(22)29(20)21)19-9-10-26-27(15-19)35-32(34-26)18(3)4/h9-18H,5-8H2,1-4H3,(H,33,36)(H,34,35). The highest BCUT2D eigenvalue weighted by Crippen LogP contribution is 2.45. The Morgan fingerprint density at radius 1 is 0.639 bits per heavy atom. The first-order valence-corrected chi connectivity index (χ1v) is 13.3. The van der Waals surface area contributed by atoms with Crippen LogP contribution in [0.1, 0.15) is 73.4 Å². The van der Waals surface area contributed by atoms with Crippen LogP contribution in [-0.4, -0.2) is 19.9 Å². The van der Waals surface area contributed by atoms with Crippen molar-refractivity contribution in [3.05, 3.63) is 82.6 Å². The van der Waals surface area contributed by atoms with Crippen LogP contribution in [0.4, 0.5) is 0 Å². The van der Waals surface area contributed by atoms with Gasteiger partial charge in [-0.25, -0.2) is 9.97 Å². The maximum atomic E-state index is 4.76. The Bertz CT molecular complexity index is 1600. The zero-order valence-corrected chi connectivity index (χ0v) is 21.5. The van der Waals surface area contributed by atoms with E-state index in [1.165, 1.54) is 50.1 Å². The molecule has 0 saturated carbocycles. The first-order valence-electron chi connectivity index (χ1n) is 13.3. The Morgan fingerprint density at radius 3 is 1.78 bits per heavy atom. The van der Waals surface area contributed by atoms with E-state index in [9.17, 15) is 0 Å². The van der Waals surface area contributed by atoms with Crippen LogP contribution < -0.4 is 0 Å². The van der Waals surface area contributed by atoms with Gasteiger partial charge in [0.05, 0.1) is 22.9 Å². The molecule has 5 aromatic rings. The number of aromatic amines is 2. The zero-order valence-electron chi connectivity index (χ0n) is 21.5. The van der Waals surface area contributed by atoms with E-state index in [0.717, 1.165) is 54.1 Å². The predicted octanol–water partition coefficient (Wildman–Crippen LogP) is 7.73. The van der Waals surface area contributed by atoms with Crippen molar-refractivity contribution in [1.82, 2.24) is 19.9 Å². The van der Waals surface area contributed by atoms with E-state index in [0.29, 0.717) is 11.8 Å². The summed E-state index contributed by atoms with van der Waals surface area (Å²) >= 11 is 0. The number of rotatable bonds is 4. The van der Waals surface area contributed by atoms with Crippen molar-refractivity contribution in [3.63, 3.8) is 0 Å². The normalized spacial score (nSPS) is 14.2. The lowest BCUT2D eigenvalue weighted by Gasteiger charge is -2.30. The van der Waals surface area contributed by atoms with E-state index in [1.54, 1.807) is 0 Å². The van der Waals surface area contributed by atoms with Crippen LogP contribution in [0, 0.1) is 0 Å². The van der Waals surface area contributed by atoms with Crippen LogP contribution in [0.3, 0.4) is 0 Å². The van der Waals surface area contributed by atoms with Gasteiger partial charge in [0.1, 0.15) is 11.6 Å². The van der Waals surface area contributed by atoms with Crippen LogP contribution in [0.15, 0.2) is 48.7 Å². The average molecular weight is 473 g/mol. The molecule has 0 aliphatic heterocycles. The number of fused-ring (bicyclic) bond motifs is 1. The largest absolute Gasteiger partial charge is 0.342 e. The molecule has 2 N–H and O–H groups in total. The molecule has 2 aliphatic carbocycles. The lowest BCUT2D eigenvalue weighted by atomic mass is 9.74. The molecule has 2 aliphatic rings. The van der Waals surface area contributed by atoms with E-state index in [-0.39, 0.29) is 0 Å². The minimum absolute atomic E-state index is 0.398. The maximum Gasteiger partial charge on any atom is 0.109 e. The minimum atomic E-state index is 0.398. The Morgan fingerprint density at radius 2 is 1.22 bits per heavy atom. The molecular formula is C32H32N4. The van der Waals surface area contributed by atoms with Gasteiger partial charge in [0.2, 0.25) is 0 Å². The number of benzene rings is 3. The van der Waals surface area contributed by atoms with Gasteiger partial charge in [0.15, 0.2) is 0 Å². The van der Waals surface area contributed by atoms with Crippen molar-refractivity contribution >= 4 is 11.0 Å². The average Bonchev–Trinajstić information content (AvgIpc) is 3.54. The fourth-order valence-electron chi connectivity index (χ4n) is 6.09. The molecular weight excluding hydrogens is 440 g/mol. The highest BCUT2D eigenvalue weighted by atomic mass is 14.9. The van der Waals surface area contributed by atoms with E-state index in [2.05, 4.69) is 85.1 Å². The second kappa shape index (κ2) is 7.92. The summed E-state index contributed by atoms with van der Waals surface area (Å²) in [7, 11) is 0. The van der Waals surface area contributed by atoms with Crippen molar-refractivity contribution < 1.29 is 0 Å². The second-order valence-electron chi connectivity index (χ2n) is 11.2. The molecule has 4 heteroatoms. The van der Waals surface area contributed by atoms with Gasteiger partial charge in [-0.05, 0) is 94.5 Å². The highest BCUT2D eigenvalue weighted by molar-refractivity contribution is 5.87. The van der Waals surface area contributed by atoms with E-state index in [1.807, 2.05) is 6.20 Å². The Hall–Kier alpha value is -3.66. The summed E-state index contributed by atoms with van der Waals surface area (Å²) in [6, 6.07) is 16.4. The zero-order chi connectivity index (χ0) is 24.6. The SMILES string of the molecule is CC(C)c1ncc(-c2cc3c4c(c2)CCc2cc(-c5ccc6nc(C(C)C)[nH]c6c5)cc(c2-4)CC3)[nH]1. The van der Waals surface area contributed by atoms with Gasteiger partial charge in [-0.15, -0.1) is 0 Å². The van der Waals surface area contributed by atoms with Crippen molar-refractivity contribution in [1.29, 1.82) is 0 Å². The molecule has 0 saturated heterocycles. The van der Waals surface area contributed by atoms with Crippen molar-refractivity contribution in [2.24, 2.45) is 0 Å². The van der Waals surface area contributed by atoms with Gasteiger partial charge in [-0.1, -0.05) is 45.9 Å². The Labute approximate surface area is 212 Å². The number of aryl methyl sites for hydroxylation is 4. The smallest absolute Gasteiger partial charge is 0.109 e. The van der Waals surface area contributed by atoms with Crippen molar-refractivity contribution in [2.75, 3.05) is 0 Å². The molecule has 0 atom stereocenters. The van der Waals surface area contributed by atoms with Crippen molar-refractivity contribution in [3.8, 4) is 33.5 Å². The summed E-state index contributed by atoms with van der Waals surface area (Å²) in [5.41, 5.74) is 16.2. The first-order chi connectivity index (χ1) is 17.4. The number of hydrogen-bond acceptors (Lipinski definition) is 2. The molecule has 36 heavy (non-hydrogen) atoms. The van der Waals surface area contributed by atoms with E-state index < -0.39 is 0 Å². The number of nitrogens with zero attached hydrogens (tertiary/aromatic N) is 2. The Balaban J connectivity index is 1.30. The first kappa shape index (κ1) is 21.6. The van der Waals surface area contributed by atoms with Crippen molar-refractivity contribution in [2.45, 2.75) is 65.2 Å². The molecule has 7 rings (SSSR count). The van der Waals surface area contributed by atoms with Crippen LogP contribution in [0.25, 0.3) is 44.5 Å². The van der Waals surface area contributed by atoms with Crippen LogP contribution in [0.5, 0.6) is 0 Å². The van der Waals surface area contributed by atoms with Gasteiger partial charge < -0.3 is 9.97 Å². The number of imidazole rings is 2. The molecule has 2 heterocycles. The quantitative estimate of drug-likeness (QED) is 0.281. The van der Waals surface area contributed by atoms with Gasteiger partial charge in [0.25, 0.3) is 0 Å². The summed E-state index contributed by atoms with van der Waals surface area (Å²) in [6.07, 6.45) is 6.37. The third-order valence-electron chi connectivity index (χ3n) is 8.01. The lowest BCUT2D eigenvalue weighted by molar-refractivity contribution is 0.795. The summed E-state index contributed by atoms with van der Waals surface area (Å²) in [4.78, 5) is 16.4. The lowest BCUT2D eigenvalue weighted by Crippen LogP contribution is -2.14. The minimum Gasteiger partial charge on any atom is -0.342 e. The summed E-state index contributed by atoms with van der Waals surface area (Å²) in [6.45, 7) is 8.73. The van der Waals surface area contributed by atoms with Crippen LogP contribution in [0.2, 0.25) is 0 Å². The number of nitrogens with one attached hydrogen (secondary N) is 2. The number of H-pyrrole nitrogens is 2. The molecule has 0 bridgehead atoms. The number of hydrogen-bond donors (Lipinski definition) is 2. The summed E-state index contributed by atoms with van der Waals surface area (Å²) in [5.74, 6) is 2.92. The predicted molar refractivity (Wildman–Crippen MR) is 148 cm³/mol. The van der Waals surface area contributed by atoms with Gasteiger partial charge in [0, 0.05) is 17.4 Å². The fraction of sp³-hybridized carbons (Fsp3) is 0.312. The molecule has 0 spiro atoms. The molecule has 2 aromatic heterocycles. The van der Waals surface area contributed by atoms with Gasteiger partial charge in [-0.2, -0.15) is 0 Å². The molecule has 0 unspecified atom stereocenters. The van der Waals surface area contributed by atoms with E-state index in [4.69, 9.17) is 4.98 Å².